The molecule has 1 fully saturated rings. The molecule has 150 valence electrons. The monoisotopic (exact) mass is 419 g/mol. The molecule has 4 rings (SSSR count). The predicted molar refractivity (Wildman–Crippen MR) is 117 cm³/mol. The molecular weight excluding hydrogens is 401 g/mol. The maximum Gasteiger partial charge on any atom is 0.267 e. The van der Waals surface area contributed by atoms with E-state index >= 15 is 0 Å². The quantitative estimate of drug-likeness (QED) is 0.323. The molecule has 30 heavy (non-hydrogen) atoms. The summed E-state index contributed by atoms with van der Waals surface area (Å²) in [4.78, 5) is 15.0. The zero-order valence-electron chi connectivity index (χ0n) is 16.2. The maximum atomic E-state index is 13.2. The fourth-order valence-electron chi connectivity index (χ4n) is 2.86. The number of amides is 1. The van der Waals surface area contributed by atoms with Crippen molar-refractivity contribution in [2.24, 2.45) is 10.2 Å². The Kier molecular flexibility index (Phi) is 5.90. The highest BCUT2D eigenvalue weighted by atomic mass is 32.2. The first kappa shape index (κ1) is 19.8. The van der Waals surface area contributed by atoms with Crippen molar-refractivity contribution in [3.05, 3.63) is 100 Å². The molecule has 5 nitrogen and oxygen atoms in total. The summed E-state index contributed by atoms with van der Waals surface area (Å²) in [5.41, 5.74) is 2.77. The van der Waals surface area contributed by atoms with E-state index in [0.717, 1.165) is 16.7 Å². The van der Waals surface area contributed by atoms with Crippen LogP contribution < -0.4 is 0 Å². The van der Waals surface area contributed by atoms with Gasteiger partial charge in [0.25, 0.3) is 5.91 Å². The van der Waals surface area contributed by atoms with E-state index in [0.29, 0.717) is 15.8 Å². The number of carbonyl (C=O) groups is 1. The minimum Gasteiger partial charge on any atom is -0.467 e. The Hall–Kier alpha value is -3.45. The number of halogens is 1. The zero-order valence-corrected chi connectivity index (χ0v) is 17.0. The Bertz CT molecular complexity index is 1140. The lowest BCUT2D eigenvalue weighted by Gasteiger charge is -2.12. The summed E-state index contributed by atoms with van der Waals surface area (Å²) < 4.78 is 18.6. The number of furan rings is 1. The summed E-state index contributed by atoms with van der Waals surface area (Å²) in [6.45, 7) is 2.24. The van der Waals surface area contributed by atoms with Gasteiger partial charge in [0.2, 0.25) is 0 Å². The van der Waals surface area contributed by atoms with Gasteiger partial charge in [-0.05, 0) is 65.7 Å². The van der Waals surface area contributed by atoms with Crippen molar-refractivity contribution in [3.8, 4) is 0 Å². The first-order valence-electron chi connectivity index (χ1n) is 9.26. The summed E-state index contributed by atoms with van der Waals surface area (Å²) in [5, 5.41) is 8.94. The summed E-state index contributed by atoms with van der Waals surface area (Å²) in [7, 11) is 0. The van der Waals surface area contributed by atoms with Crippen LogP contribution in [0, 0.1) is 12.7 Å². The van der Waals surface area contributed by atoms with Crippen LogP contribution in [-0.2, 0) is 11.3 Å². The normalized spacial score (nSPS) is 17.0. The average Bonchev–Trinajstić information content (AvgIpc) is 3.35. The van der Waals surface area contributed by atoms with E-state index in [2.05, 4.69) is 10.2 Å². The van der Waals surface area contributed by atoms with Crippen molar-refractivity contribution in [2.45, 2.75) is 13.5 Å². The zero-order chi connectivity index (χ0) is 20.9. The van der Waals surface area contributed by atoms with Gasteiger partial charge >= 0.3 is 0 Å². The Morgan fingerprint density at radius 1 is 1.10 bits per heavy atom. The first-order chi connectivity index (χ1) is 14.6. The second-order valence-electron chi connectivity index (χ2n) is 6.62. The molecule has 0 saturated carbocycles. The molecule has 2 heterocycles. The minimum atomic E-state index is -0.324. The molecule has 0 radical (unpaired) electrons. The highest BCUT2D eigenvalue weighted by molar-refractivity contribution is 8.18. The minimum absolute atomic E-state index is 0.203. The molecule has 0 atom stereocenters. The Labute approximate surface area is 177 Å². The lowest BCUT2D eigenvalue weighted by Crippen LogP contribution is -2.28. The van der Waals surface area contributed by atoms with Gasteiger partial charge in [-0.3, -0.25) is 9.69 Å². The highest BCUT2D eigenvalue weighted by Gasteiger charge is 2.34. The summed E-state index contributed by atoms with van der Waals surface area (Å²) >= 11 is 1.23. The van der Waals surface area contributed by atoms with Gasteiger partial charge in [0.15, 0.2) is 5.17 Å². The van der Waals surface area contributed by atoms with Gasteiger partial charge in [-0.1, -0.05) is 36.4 Å². The third-order valence-corrected chi connectivity index (χ3v) is 5.48. The number of hydrogen-bond donors (Lipinski definition) is 0. The lowest BCUT2D eigenvalue weighted by molar-refractivity contribution is -0.122. The molecule has 7 heteroatoms. The fraction of sp³-hybridized carbons (Fsp3) is 0.0870. The van der Waals surface area contributed by atoms with Crippen LogP contribution in [0.15, 0.2) is 86.5 Å². The summed E-state index contributed by atoms with van der Waals surface area (Å²) in [6.07, 6.45) is 4.95. The summed E-state index contributed by atoms with van der Waals surface area (Å²) in [6, 6.07) is 17.4. The number of benzene rings is 2. The molecule has 1 amide bonds. The molecule has 0 unspecified atom stereocenters. The van der Waals surface area contributed by atoms with Crippen LogP contribution >= 0.6 is 11.8 Å². The Morgan fingerprint density at radius 2 is 1.90 bits per heavy atom. The largest absolute Gasteiger partial charge is 0.467 e. The van der Waals surface area contributed by atoms with Crippen molar-refractivity contribution in [1.82, 2.24) is 4.90 Å². The number of rotatable bonds is 5. The van der Waals surface area contributed by atoms with Crippen molar-refractivity contribution < 1.29 is 13.6 Å². The Balaban J connectivity index is 1.62. The molecule has 3 aromatic rings. The highest BCUT2D eigenvalue weighted by Crippen LogP contribution is 2.33. The molecule has 1 aromatic heterocycles. The SMILES string of the molecule is Cc1ccccc1/C=N/N=C1\S/C(=C\c2ccc(F)cc2)C(=O)N1Cc1ccco1. The van der Waals surface area contributed by atoms with Gasteiger partial charge in [0.05, 0.1) is 23.9 Å². The van der Waals surface area contributed by atoms with Crippen molar-refractivity contribution in [3.63, 3.8) is 0 Å². The van der Waals surface area contributed by atoms with E-state index < -0.39 is 0 Å². The smallest absolute Gasteiger partial charge is 0.267 e. The third-order valence-electron chi connectivity index (χ3n) is 4.48. The van der Waals surface area contributed by atoms with Crippen molar-refractivity contribution >= 4 is 35.1 Å². The second kappa shape index (κ2) is 8.92. The number of carbonyl (C=O) groups excluding carboxylic acids is 1. The molecule has 2 aromatic carbocycles. The van der Waals surface area contributed by atoms with Crippen molar-refractivity contribution in [1.29, 1.82) is 0 Å². The van der Waals surface area contributed by atoms with E-state index in [-0.39, 0.29) is 18.3 Å². The number of nitrogens with zero attached hydrogens (tertiary/aromatic N) is 3. The van der Waals surface area contributed by atoms with E-state index in [1.54, 1.807) is 42.8 Å². The van der Waals surface area contributed by atoms with Crippen LogP contribution in [0.3, 0.4) is 0 Å². The number of hydrogen-bond acceptors (Lipinski definition) is 5. The fourth-order valence-corrected chi connectivity index (χ4v) is 3.80. The van der Waals surface area contributed by atoms with Gasteiger partial charge in [-0.25, -0.2) is 4.39 Å². The van der Waals surface area contributed by atoms with Crippen LogP contribution in [0.25, 0.3) is 6.08 Å². The van der Waals surface area contributed by atoms with E-state index in [1.807, 2.05) is 31.2 Å². The van der Waals surface area contributed by atoms with Crippen LogP contribution in [0.4, 0.5) is 4.39 Å². The maximum absolute atomic E-state index is 13.2. The third kappa shape index (κ3) is 4.58. The van der Waals surface area contributed by atoms with Crippen LogP contribution in [-0.4, -0.2) is 22.2 Å². The van der Waals surface area contributed by atoms with Gasteiger partial charge < -0.3 is 4.42 Å². The molecule has 1 saturated heterocycles. The van der Waals surface area contributed by atoms with E-state index in [9.17, 15) is 9.18 Å². The molecule has 0 aliphatic carbocycles. The molecule has 0 bridgehead atoms. The molecule has 0 N–H and O–H groups in total. The van der Waals surface area contributed by atoms with Gasteiger partial charge in [-0.2, -0.15) is 5.10 Å². The second-order valence-corrected chi connectivity index (χ2v) is 7.63. The number of thioether (sulfide) groups is 1. The number of aryl methyl sites for hydroxylation is 1. The van der Waals surface area contributed by atoms with Gasteiger partial charge in [0.1, 0.15) is 11.6 Å². The van der Waals surface area contributed by atoms with Crippen LogP contribution in [0.5, 0.6) is 0 Å². The van der Waals surface area contributed by atoms with Gasteiger partial charge in [-0.15, -0.1) is 5.10 Å². The predicted octanol–water partition coefficient (Wildman–Crippen LogP) is 5.23. The van der Waals surface area contributed by atoms with E-state index in [1.165, 1.54) is 28.8 Å². The molecular formula is C23H18FN3O2S. The molecule has 1 aliphatic heterocycles. The van der Waals surface area contributed by atoms with E-state index in [4.69, 9.17) is 4.42 Å². The number of amidine groups is 1. The Morgan fingerprint density at radius 3 is 2.63 bits per heavy atom. The average molecular weight is 419 g/mol. The van der Waals surface area contributed by atoms with Crippen molar-refractivity contribution in [2.75, 3.05) is 0 Å². The molecule has 1 aliphatic rings. The first-order valence-corrected chi connectivity index (χ1v) is 10.1. The topological polar surface area (TPSA) is 58.2 Å². The van der Waals surface area contributed by atoms with Gasteiger partial charge in [0, 0.05) is 0 Å². The standard InChI is InChI=1S/C23H18FN3O2S/c1-16-5-2-3-6-18(16)14-25-26-23-27(15-20-7-4-12-29-20)22(28)21(30-23)13-17-8-10-19(24)11-9-17/h2-14H,15H2,1H3/b21-13-,25-14+,26-23-. The van der Waals surface area contributed by atoms with Crippen LogP contribution in [0.2, 0.25) is 0 Å². The summed E-state index contributed by atoms with van der Waals surface area (Å²) in [5.74, 6) is 0.114. The van der Waals surface area contributed by atoms with Crippen LogP contribution in [0.1, 0.15) is 22.5 Å². The lowest BCUT2D eigenvalue weighted by atomic mass is 10.1. The molecule has 0 spiro atoms.